The monoisotopic (exact) mass is 333 g/mol. The fourth-order valence-electron chi connectivity index (χ4n) is 2.83. The molecule has 0 atom stereocenters. The molecule has 2 N–H and O–H groups in total. The fourth-order valence-corrected chi connectivity index (χ4v) is 2.83. The maximum atomic E-state index is 5.88. The minimum absolute atomic E-state index is 0.502. The van der Waals surface area contributed by atoms with Crippen molar-refractivity contribution < 1.29 is 9.47 Å². The molecule has 0 unspecified atom stereocenters. The molecule has 134 valence electrons. The van der Waals surface area contributed by atoms with Crippen LogP contribution in [0.25, 0.3) is 0 Å². The molecule has 0 aromatic heterocycles. The number of hydrogen-bond donors (Lipinski definition) is 2. The van der Waals surface area contributed by atoms with Gasteiger partial charge in [-0.2, -0.15) is 0 Å². The number of guanidine groups is 1. The van der Waals surface area contributed by atoms with Crippen LogP contribution in [0.4, 0.5) is 0 Å². The Kier molecular flexibility index (Phi) is 8.46. The summed E-state index contributed by atoms with van der Waals surface area (Å²) in [5.41, 5.74) is 1.16. The molecule has 5 nitrogen and oxygen atoms in total. The summed E-state index contributed by atoms with van der Waals surface area (Å²) < 4.78 is 11.1. The SMILES string of the molecule is CCNC(=NCc1ccc(OC)cc1)NCCCOC1CCCC1. The summed E-state index contributed by atoms with van der Waals surface area (Å²) in [5.74, 6) is 1.73. The highest BCUT2D eigenvalue weighted by molar-refractivity contribution is 5.79. The Morgan fingerprint density at radius 1 is 1.17 bits per heavy atom. The molecule has 2 rings (SSSR count). The van der Waals surface area contributed by atoms with E-state index in [2.05, 4.69) is 22.5 Å². The van der Waals surface area contributed by atoms with Gasteiger partial charge < -0.3 is 20.1 Å². The van der Waals surface area contributed by atoms with Crippen molar-refractivity contribution >= 4 is 5.96 Å². The third-order valence-corrected chi connectivity index (χ3v) is 4.19. The van der Waals surface area contributed by atoms with E-state index < -0.39 is 0 Å². The summed E-state index contributed by atoms with van der Waals surface area (Å²) in [7, 11) is 1.68. The van der Waals surface area contributed by atoms with E-state index in [1.54, 1.807) is 7.11 Å². The molecular formula is C19H31N3O2. The van der Waals surface area contributed by atoms with Crippen molar-refractivity contribution in [3.05, 3.63) is 29.8 Å². The van der Waals surface area contributed by atoms with Gasteiger partial charge in [-0.25, -0.2) is 4.99 Å². The lowest BCUT2D eigenvalue weighted by Crippen LogP contribution is -2.38. The van der Waals surface area contributed by atoms with Crippen LogP contribution < -0.4 is 15.4 Å². The number of ether oxygens (including phenoxy) is 2. The molecule has 0 radical (unpaired) electrons. The Labute approximate surface area is 145 Å². The summed E-state index contributed by atoms with van der Waals surface area (Å²) in [5, 5.41) is 6.65. The lowest BCUT2D eigenvalue weighted by molar-refractivity contribution is 0.0574. The van der Waals surface area contributed by atoms with Gasteiger partial charge in [-0.15, -0.1) is 0 Å². The number of methoxy groups -OCH3 is 1. The van der Waals surface area contributed by atoms with Gasteiger partial charge in [-0.1, -0.05) is 25.0 Å². The van der Waals surface area contributed by atoms with Gasteiger partial charge in [0.25, 0.3) is 0 Å². The molecule has 0 aliphatic heterocycles. The minimum Gasteiger partial charge on any atom is -0.497 e. The quantitative estimate of drug-likeness (QED) is 0.414. The Morgan fingerprint density at radius 2 is 1.92 bits per heavy atom. The van der Waals surface area contributed by atoms with E-state index in [0.717, 1.165) is 43.4 Å². The van der Waals surface area contributed by atoms with Crippen LogP contribution in [0.5, 0.6) is 5.75 Å². The highest BCUT2D eigenvalue weighted by atomic mass is 16.5. The normalized spacial score (nSPS) is 15.5. The van der Waals surface area contributed by atoms with Crippen molar-refractivity contribution in [3.63, 3.8) is 0 Å². The Hall–Kier alpha value is -1.75. The maximum Gasteiger partial charge on any atom is 0.191 e. The lowest BCUT2D eigenvalue weighted by Gasteiger charge is -2.13. The molecule has 1 fully saturated rings. The van der Waals surface area contributed by atoms with Crippen LogP contribution in [0.1, 0.15) is 44.6 Å². The van der Waals surface area contributed by atoms with Gasteiger partial charge in [0, 0.05) is 19.7 Å². The summed E-state index contributed by atoms with van der Waals surface area (Å²) >= 11 is 0. The zero-order valence-electron chi connectivity index (χ0n) is 15.0. The number of nitrogens with zero attached hydrogens (tertiary/aromatic N) is 1. The van der Waals surface area contributed by atoms with Crippen LogP contribution >= 0.6 is 0 Å². The van der Waals surface area contributed by atoms with Gasteiger partial charge in [0.2, 0.25) is 0 Å². The van der Waals surface area contributed by atoms with Crippen LogP contribution in [0.15, 0.2) is 29.3 Å². The molecule has 0 spiro atoms. The van der Waals surface area contributed by atoms with Crippen molar-refractivity contribution in [1.29, 1.82) is 0 Å². The first-order valence-electron chi connectivity index (χ1n) is 9.08. The molecule has 1 saturated carbocycles. The molecule has 0 amide bonds. The molecule has 24 heavy (non-hydrogen) atoms. The van der Waals surface area contributed by atoms with Crippen LogP contribution in [0.3, 0.4) is 0 Å². The van der Waals surface area contributed by atoms with Gasteiger partial charge >= 0.3 is 0 Å². The summed E-state index contributed by atoms with van der Waals surface area (Å²) in [4.78, 5) is 4.63. The van der Waals surface area contributed by atoms with Crippen molar-refractivity contribution in [2.24, 2.45) is 4.99 Å². The fraction of sp³-hybridized carbons (Fsp3) is 0.632. The number of hydrogen-bond acceptors (Lipinski definition) is 3. The van der Waals surface area contributed by atoms with E-state index >= 15 is 0 Å². The van der Waals surface area contributed by atoms with Crippen molar-refractivity contribution in [1.82, 2.24) is 10.6 Å². The second-order valence-electron chi connectivity index (χ2n) is 6.10. The Bertz CT molecular complexity index is 482. The summed E-state index contributed by atoms with van der Waals surface area (Å²) in [6.07, 6.45) is 6.63. The predicted molar refractivity (Wildman–Crippen MR) is 98.6 cm³/mol. The topological polar surface area (TPSA) is 54.9 Å². The van der Waals surface area contributed by atoms with Crippen LogP contribution in [-0.4, -0.2) is 38.9 Å². The highest BCUT2D eigenvalue weighted by Gasteiger charge is 2.14. The van der Waals surface area contributed by atoms with E-state index in [1.807, 2.05) is 24.3 Å². The largest absolute Gasteiger partial charge is 0.497 e. The van der Waals surface area contributed by atoms with Crippen LogP contribution in [0, 0.1) is 0 Å². The molecule has 0 bridgehead atoms. The first kappa shape index (κ1) is 18.6. The average molecular weight is 333 g/mol. The van der Waals surface area contributed by atoms with Crippen molar-refractivity contribution in [2.75, 3.05) is 26.8 Å². The Balaban J connectivity index is 1.69. The molecular weight excluding hydrogens is 302 g/mol. The van der Waals surface area contributed by atoms with E-state index in [9.17, 15) is 0 Å². The molecule has 5 heteroatoms. The minimum atomic E-state index is 0.502. The summed E-state index contributed by atoms with van der Waals surface area (Å²) in [6, 6.07) is 8.01. The third-order valence-electron chi connectivity index (χ3n) is 4.19. The van der Waals surface area contributed by atoms with Crippen molar-refractivity contribution in [3.8, 4) is 5.75 Å². The lowest BCUT2D eigenvalue weighted by atomic mass is 10.2. The van der Waals surface area contributed by atoms with Gasteiger partial charge in [0.05, 0.1) is 19.8 Å². The number of aliphatic imine (C=N–C) groups is 1. The van der Waals surface area contributed by atoms with Gasteiger partial charge in [0.15, 0.2) is 5.96 Å². The van der Waals surface area contributed by atoms with E-state index in [4.69, 9.17) is 9.47 Å². The summed E-state index contributed by atoms with van der Waals surface area (Å²) in [6.45, 7) is 5.29. The first-order chi connectivity index (χ1) is 11.8. The smallest absolute Gasteiger partial charge is 0.191 e. The van der Waals surface area contributed by atoms with Crippen LogP contribution in [-0.2, 0) is 11.3 Å². The second-order valence-corrected chi connectivity index (χ2v) is 6.10. The molecule has 1 aromatic carbocycles. The molecule has 1 aliphatic carbocycles. The van der Waals surface area contributed by atoms with E-state index in [-0.39, 0.29) is 0 Å². The van der Waals surface area contributed by atoms with Gasteiger partial charge in [0.1, 0.15) is 5.75 Å². The third kappa shape index (κ3) is 6.79. The zero-order chi connectivity index (χ0) is 17.0. The Morgan fingerprint density at radius 3 is 2.58 bits per heavy atom. The second kappa shape index (κ2) is 10.9. The predicted octanol–water partition coefficient (Wildman–Crippen LogP) is 3.10. The van der Waals surface area contributed by atoms with E-state index in [0.29, 0.717) is 12.6 Å². The molecule has 0 heterocycles. The first-order valence-corrected chi connectivity index (χ1v) is 9.08. The van der Waals surface area contributed by atoms with Crippen molar-refractivity contribution in [2.45, 2.75) is 51.7 Å². The number of benzene rings is 1. The zero-order valence-corrected chi connectivity index (χ0v) is 15.0. The van der Waals surface area contributed by atoms with Gasteiger partial charge in [-0.05, 0) is 43.9 Å². The average Bonchev–Trinajstić information content (AvgIpc) is 3.13. The molecule has 0 saturated heterocycles. The highest BCUT2D eigenvalue weighted by Crippen LogP contribution is 2.20. The van der Waals surface area contributed by atoms with E-state index in [1.165, 1.54) is 25.7 Å². The number of nitrogens with one attached hydrogen (secondary N) is 2. The molecule has 1 aromatic rings. The number of rotatable bonds is 9. The van der Waals surface area contributed by atoms with Gasteiger partial charge in [-0.3, -0.25) is 0 Å². The standard InChI is InChI=1S/C19H31N3O2/c1-3-20-19(21-13-6-14-24-18-7-4-5-8-18)22-15-16-9-11-17(23-2)12-10-16/h9-12,18H,3-8,13-15H2,1-2H3,(H2,20,21,22). The maximum absolute atomic E-state index is 5.88. The van der Waals surface area contributed by atoms with Crippen LogP contribution in [0.2, 0.25) is 0 Å². The molecule has 1 aliphatic rings.